The van der Waals surface area contributed by atoms with E-state index < -0.39 is 5.91 Å². The summed E-state index contributed by atoms with van der Waals surface area (Å²) in [4.78, 5) is 35.9. The minimum Gasteiger partial charge on any atom is -0.510 e. The van der Waals surface area contributed by atoms with Crippen LogP contribution in [0.5, 0.6) is 0 Å². The van der Waals surface area contributed by atoms with E-state index in [-0.39, 0.29) is 46.1 Å². The predicted octanol–water partition coefficient (Wildman–Crippen LogP) is 3.22. The second-order valence-electron chi connectivity index (χ2n) is 6.46. The second-order valence-corrected chi connectivity index (χ2v) is 6.46. The van der Waals surface area contributed by atoms with Crippen molar-refractivity contribution in [1.29, 1.82) is 0 Å². The number of anilines is 1. The minimum atomic E-state index is -0.726. The van der Waals surface area contributed by atoms with E-state index >= 15 is 0 Å². The first-order valence-corrected chi connectivity index (χ1v) is 8.24. The maximum atomic E-state index is 12.3. The number of carbonyl (C=O) groups is 3. The maximum absolute atomic E-state index is 12.3. The Balaban J connectivity index is 1.82. The molecule has 3 N–H and O–H groups in total. The Labute approximate surface area is 144 Å². The van der Waals surface area contributed by atoms with E-state index in [1.165, 1.54) is 25.1 Å². The molecule has 2 unspecified atom stereocenters. The van der Waals surface area contributed by atoms with Crippen LogP contribution in [0.1, 0.15) is 53.3 Å². The number of fused-ring (bicyclic) bond motifs is 1. The van der Waals surface area contributed by atoms with Crippen LogP contribution in [0, 0.1) is 11.8 Å². The standard InChI is InChI=1S/C18H19N3O4/c1-9(22)10-6-7-13(14(19)8-10)18(25)21-20-15-16(23)11-4-2-3-5-12(11)17(15)24/h6-8,11-12,23H,2-5,19H2,1H3. The number of nitrogens with zero attached hydrogens (tertiary/aromatic N) is 2. The second kappa shape index (κ2) is 6.58. The molecule has 0 aliphatic heterocycles. The summed E-state index contributed by atoms with van der Waals surface area (Å²) in [5.74, 6) is -1.66. The first kappa shape index (κ1) is 17.0. The third-order valence-electron chi connectivity index (χ3n) is 4.86. The first-order chi connectivity index (χ1) is 11.9. The van der Waals surface area contributed by atoms with Gasteiger partial charge in [-0.15, -0.1) is 10.2 Å². The molecular formula is C18H19N3O4. The number of benzene rings is 1. The summed E-state index contributed by atoms with van der Waals surface area (Å²) in [6.07, 6.45) is 3.37. The van der Waals surface area contributed by atoms with Crippen LogP contribution in [0.2, 0.25) is 0 Å². The molecule has 0 spiro atoms. The molecule has 1 fully saturated rings. The van der Waals surface area contributed by atoms with E-state index in [2.05, 4.69) is 10.2 Å². The molecule has 3 rings (SSSR count). The van der Waals surface area contributed by atoms with Gasteiger partial charge in [-0.2, -0.15) is 0 Å². The lowest BCUT2D eigenvalue weighted by Gasteiger charge is -2.23. The average Bonchev–Trinajstić information content (AvgIpc) is 2.84. The van der Waals surface area contributed by atoms with Gasteiger partial charge in [-0.05, 0) is 31.9 Å². The molecule has 1 aromatic rings. The zero-order chi connectivity index (χ0) is 18.1. The van der Waals surface area contributed by atoms with E-state index in [4.69, 9.17) is 5.73 Å². The summed E-state index contributed by atoms with van der Waals surface area (Å²) in [7, 11) is 0. The molecule has 130 valence electrons. The number of hydrogen-bond donors (Lipinski definition) is 2. The van der Waals surface area contributed by atoms with Crippen LogP contribution in [0.4, 0.5) is 5.69 Å². The Kier molecular flexibility index (Phi) is 4.48. The molecule has 7 heteroatoms. The molecule has 0 bridgehead atoms. The Hall–Kier alpha value is -2.83. The third kappa shape index (κ3) is 3.09. The van der Waals surface area contributed by atoms with Crippen molar-refractivity contribution in [2.45, 2.75) is 32.6 Å². The van der Waals surface area contributed by atoms with Crippen molar-refractivity contribution in [2.75, 3.05) is 5.73 Å². The molecule has 2 atom stereocenters. The van der Waals surface area contributed by atoms with Gasteiger partial charge in [-0.25, -0.2) is 0 Å². The molecule has 0 saturated heterocycles. The number of allylic oxidation sites excluding steroid dienone is 2. The number of nitrogen functional groups attached to an aromatic ring is 1. The van der Waals surface area contributed by atoms with Crippen molar-refractivity contribution in [1.82, 2.24) is 0 Å². The van der Waals surface area contributed by atoms with Crippen molar-refractivity contribution in [3.05, 3.63) is 40.8 Å². The molecule has 2 aliphatic rings. The van der Waals surface area contributed by atoms with Gasteiger partial charge in [0.2, 0.25) is 0 Å². The Morgan fingerprint density at radius 1 is 1.20 bits per heavy atom. The maximum Gasteiger partial charge on any atom is 0.297 e. The number of Topliss-reactive ketones (excluding diaryl/α,β-unsaturated/α-hetero) is 2. The highest BCUT2D eigenvalue weighted by Crippen LogP contribution is 2.42. The Bertz CT molecular complexity index is 826. The molecule has 1 amide bonds. The van der Waals surface area contributed by atoms with Gasteiger partial charge in [0.25, 0.3) is 5.91 Å². The molecule has 25 heavy (non-hydrogen) atoms. The molecule has 2 aliphatic carbocycles. The molecule has 1 aromatic carbocycles. The van der Waals surface area contributed by atoms with Crippen molar-refractivity contribution >= 4 is 23.2 Å². The highest BCUT2D eigenvalue weighted by atomic mass is 16.3. The summed E-state index contributed by atoms with van der Waals surface area (Å²) in [6, 6.07) is 4.28. The topological polar surface area (TPSA) is 122 Å². The third-order valence-corrected chi connectivity index (χ3v) is 4.86. The SMILES string of the molecule is CC(=O)c1ccc(C(=O)N=NC2=C(O)C3CCCCC3C2=O)c(N)c1. The van der Waals surface area contributed by atoms with Crippen molar-refractivity contribution < 1.29 is 19.5 Å². The predicted molar refractivity (Wildman–Crippen MR) is 90.2 cm³/mol. The molecule has 0 heterocycles. The summed E-state index contributed by atoms with van der Waals surface area (Å²) >= 11 is 0. The van der Waals surface area contributed by atoms with Crippen molar-refractivity contribution in [2.24, 2.45) is 22.1 Å². The van der Waals surface area contributed by atoms with Crippen LogP contribution >= 0.6 is 0 Å². The average molecular weight is 341 g/mol. The van der Waals surface area contributed by atoms with Gasteiger partial charge in [-0.3, -0.25) is 14.4 Å². The monoisotopic (exact) mass is 341 g/mol. The van der Waals surface area contributed by atoms with Crippen LogP contribution in [0.15, 0.2) is 39.9 Å². The van der Waals surface area contributed by atoms with E-state index in [9.17, 15) is 19.5 Å². The van der Waals surface area contributed by atoms with Crippen LogP contribution in [0.25, 0.3) is 0 Å². The van der Waals surface area contributed by atoms with Crippen LogP contribution < -0.4 is 5.73 Å². The normalized spacial score (nSPS) is 23.2. The molecule has 0 aromatic heterocycles. The van der Waals surface area contributed by atoms with Gasteiger partial charge in [-0.1, -0.05) is 18.9 Å². The highest BCUT2D eigenvalue weighted by molar-refractivity contribution is 6.03. The fourth-order valence-electron chi connectivity index (χ4n) is 3.48. The van der Waals surface area contributed by atoms with Gasteiger partial charge in [0, 0.05) is 23.1 Å². The van der Waals surface area contributed by atoms with Crippen LogP contribution in [-0.2, 0) is 4.79 Å². The fraction of sp³-hybridized carbons (Fsp3) is 0.389. The van der Waals surface area contributed by atoms with Gasteiger partial charge in [0.1, 0.15) is 5.76 Å². The number of aliphatic hydroxyl groups is 1. The van der Waals surface area contributed by atoms with E-state index in [1.54, 1.807) is 0 Å². The summed E-state index contributed by atoms with van der Waals surface area (Å²) in [5, 5.41) is 17.5. The van der Waals surface area contributed by atoms with Gasteiger partial charge >= 0.3 is 0 Å². The molecule has 0 radical (unpaired) electrons. The van der Waals surface area contributed by atoms with Crippen molar-refractivity contribution in [3.63, 3.8) is 0 Å². The number of rotatable bonds is 3. The number of amides is 1. The molecule has 1 saturated carbocycles. The quantitative estimate of drug-likeness (QED) is 0.496. The Morgan fingerprint density at radius 3 is 2.48 bits per heavy atom. The van der Waals surface area contributed by atoms with Gasteiger partial charge in [0.05, 0.1) is 5.56 Å². The number of aliphatic hydroxyl groups excluding tert-OH is 1. The summed E-state index contributed by atoms with van der Waals surface area (Å²) in [5.41, 5.74) is 6.27. The zero-order valence-corrected chi connectivity index (χ0v) is 13.9. The summed E-state index contributed by atoms with van der Waals surface area (Å²) < 4.78 is 0. The lowest BCUT2D eigenvalue weighted by Crippen LogP contribution is -2.21. The van der Waals surface area contributed by atoms with Crippen molar-refractivity contribution in [3.8, 4) is 0 Å². The molecule has 7 nitrogen and oxygen atoms in total. The number of ketones is 2. The van der Waals surface area contributed by atoms with E-state index in [0.717, 1.165) is 25.7 Å². The van der Waals surface area contributed by atoms with E-state index in [1.807, 2.05) is 0 Å². The highest BCUT2D eigenvalue weighted by Gasteiger charge is 2.43. The summed E-state index contributed by atoms with van der Waals surface area (Å²) in [6.45, 7) is 1.40. The number of carbonyl (C=O) groups excluding carboxylic acids is 3. The Morgan fingerprint density at radius 2 is 1.88 bits per heavy atom. The van der Waals surface area contributed by atoms with Gasteiger partial charge in [0.15, 0.2) is 17.3 Å². The molecular weight excluding hydrogens is 322 g/mol. The van der Waals surface area contributed by atoms with Crippen LogP contribution in [-0.4, -0.2) is 22.6 Å². The fourth-order valence-corrected chi connectivity index (χ4v) is 3.48. The minimum absolute atomic E-state index is 0.0638. The number of hydrogen-bond acceptors (Lipinski definition) is 6. The zero-order valence-electron chi connectivity index (χ0n) is 13.9. The number of nitrogens with two attached hydrogens (primary N) is 1. The largest absolute Gasteiger partial charge is 0.510 e. The number of azo groups is 1. The van der Waals surface area contributed by atoms with Gasteiger partial charge < -0.3 is 10.8 Å². The lowest BCUT2D eigenvalue weighted by molar-refractivity contribution is -0.120. The van der Waals surface area contributed by atoms with E-state index in [0.29, 0.717) is 5.56 Å². The lowest BCUT2D eigenvalue weighted by atomic mass is 9.80. The van der Waals surface area contributed by atoms with Crippen LogP contribution in [0.3, 0.4) is 0 Å². The smallest absolute Gasteiger partial charge is 0.297 e. The first-order valence-electron chi connectivity index (χ1n) is 8.24.